The van der Waals surface area contributed by atoms with Gasteiger partial charge in [-0.3, -0.25) is 14.2 Å². The predicted octanol–water partition coefficient (Wildman–Crippen LogP) is 2.07. The van der Waals surface area contributed by atoms with Crippen LogP contribution in [0.3, 0.4) is 0 Å². The second-order valence-electron chi connectivity index (χ2n) is 9.89. The number of H-pyrrole nitrogens is 1. The number of hydrogen-bond acceptors (Lipinski definition) is 5. The van der Waals surface area contributed by atoms with Gasteiger partial charge >= 0.3 is 5.69 Å². The number of nitrogens with two attached hydrogens (primary N) is 1. The first-order valence-corrected chi connectivity index (χ1v) is 12.9. The minimum Gasteiger partial charge on any atom is -0.391 e. The van der Waals surface area contributed by atoms with Gasteiger partial charge in [-0.15, -0.1) is 0 Å². The lowest BCUT2D eigenvalue weighted by Gasteiger charge is -2.36. The number of amides is 2. The van der Waals surface area contributed by atoms with Gasteiger partial charge in [0.05, 0.1) is 17.8 Å². The van der Waals surface area contributed by atoms with Crippen molar-refractivity contribution in [2.75, 3.05) is 19.6 Å². The van der Waals surface area contributed by atoms with Gasteiger partial charge in [-0.1, -0.05) is 61.4 Å². The van der Waals surface area contributed by atoms with Gasteiger partial charge in [0, 0.05) is 36.8 Å². The molecule has 2 aliphatic rings. The Kier molecular flexibility index (Phi) is 7.25. The number of aromatic nitrogens is 2. The van der Waals surface area contributed by atoms with E-state index in [0.717, 1.165) is 24.0 Å². The third-order valence-corrected chi connectivity index (χ3v) is 7.56. The first-order valence-electron chi connectivity index (χ1n) is 12.9. The Bertz CT molecular complexity index is 1330. The van der Waals surface area contributed by atoms with Gasteiger partial charge < -0.3 is 26.0 Å². The molecule has 5 N–H and O–H groups in total. The zero-order valence-corrected chi connectivity index (χ0v) is 20.7. The summed E-state index contributed by atoms with van der Waals surface area (Å²) >= 11 is 0. The van der Waals surface area contributed by atoms with E-state index in [1.54, 1.807) is 21.6 Å². The van der Waals surface area contributed by atoms with E-state index in [-0.39, 0.29) is 23.3 Å². The molecule has 9 nitrogen and oxygen atoms in total. The molecule has 0 bridgehead atoms. The molecule has 3 aromatic rings. The number of hydrogen-bond donors (Lipinski definition) is 4. The molecule has 194 valence electrons. The van der Waals surface area contributed by atoms with Crippen LogP contribution in [-0.2, 0) is 6.42 Å². The second kappa shape index (κ2) is 10.7. The lowest BCUT2D eigenvalue weighted by molar-refractivity contribution is 0.0628. The van der Waals surface area contributed by atoms with Gasteiger partial charge in [0.15, 0.2) is 0 Å². The van der Waals surface area contributed by atoms with Gasteiger partial charge in [-0.2, -0.15) is 0 Å². The van der Waals surface area contributed by atoms with Crippen LogP contribution in [0.5, 0.6) is 0 Å². The Morgan fingerprint density at radius 2 is 1.76 bits per heavy atom. The van der Waals surface area contributed by atoms with Crippen LogP contribution in [0, 0.1) is 0 Å². The number of nitrogens with one attached hydrogen (secondary N) is 2. The maximum absolute atomic E-state index is 14.1. The van der Waals surface area contributed by atoms with E-state index >= 15 is 0 Å². The quantitative estimate of drug-likeness (QED) is 0.409. The van der Waals surface area contributed by atoms with E-state index < -0.39 is 18.1 Å². The maximum Gasteiger partial charge on any atom is 0.326 e. The van der Waals surface area contributed by atoms with Crippen molar-refractivity contribution >= 4 is 11.8 Å². The average molecular weight is 504 g/mol. The number of aliphatic hydroxyl groups excluding tert-OH is 1. The van der Waals surface area contributed by atoms with Crippen LogP contribution in [0.25, 0.3) is 11.3 Å². The Labute approximate surface area is 215 Å². The van der Waals surface area contributed by atoms with Gasteiger partial charge in [0.1, 0.15) is 5.69 Å². The van der Waals surface area contributed by atoms with E-state index in [4.69, 9.17) is 5.73 Å². The van der Waals surface area contributed by atoms with Gasteiger partial charge in [0.2, 0.25) is 5.91 Å². The van der Waals surface area contributed by atoms with Crippen molar-refractivity contribution in [1.29, 1.82) is 0 Å². The molecule has 2 amide bonds. The lowest BCUT2D eigenvalue weighted by atomic mass is 9.92. The molecule has 37 heavy (non-hydrogen) atoms. The fourth-order valence-corrected chi connectivity index (χ4v) is 5.74. The van der Waals surface area contributed by atoms with Crippen LogP contribution in [0.2, 0.25) is 0 Å². The average Bonchev–Trinajstić information content (AvgIpc) is 3.26. The summed E-state index contributed by atoms with van der Waals surface area (Å²) in [4.78, 5) is 44.0. The topological polar surface area (TPSA) is 133 Å². The number of piperazine rings is 1. The first-order chi connectivity index (χ1) is 18.0. The van der Waals surface area contributed by atoms with E-state index in [1.807, 2.05) is 42.5 Å². The molecular formula is C28H33N5O4. The van der Waals surface area contributed by atoms with Crippen LogP contribution < -0.4 is 16.7 Å². The summed E-state index contributed by atoms with van der Waals surface area (Å²) < 4.78 is 1.59. The Hall–Kier alpha value is -3.69. The predicted molar refractivity (Wildman–Crippen MR) is 140 cm³/mol. The summed E-state index contributed by atoms with van der Waals surface area (Å²) in [6, 6.07) is 15.9. The minimum absolute atomic E-state index is 0.226. The number of benzene rings is 2. The molecule has 2 fully saturated rings. The molecule has 3 atom stereocenters. The van der Waals surface area contributed by atoms with Crippen molar-refractivity contribution in [2.45, 2.75) is 50.3 Å². The first kappa shape index (κ1) is 25.0. The van der Waals surface area contributed by atoms with Crippen LogP contribution >= 0.6 is 0 Å². The van der Waals surface area contributed by atoms with Gasteiger partial charge in [-0.25, -0.2) is 4.79 Å². The Morgan fingerprint density at radius 3 is 2.51 bits per heavy atom. The van der Waals surface area contributed by atoms with Crippen LogP contribution in [-0.4, -0.2) is 63.2 Å². The van der Waals surface area contributed by atoms with Gasteiger partial charge in [-0.05, 0) is 30.9 Å². The number of primary amides is 1. The Morgan fingerprint density at radius 1 is 1.03 bits per heavy atom. The van der Waals surface area contributed by atoms with E-state index in [9.17, 15) is 19.5 Å². The highest BCUT2D eigenvalue weighted by Gasteiger charge is 2.35. The molecule has 0 unspecified atom stereocenters. The molecular weight excluding hydrogens is 470 g/mol. The van der Waals surface area contributed by atoms with Crippen molar-refractivity contribution < 1.29 is 14.7 Å². The fourth-order valence-electron chi connectivity index (χ4n) is 5.74. The number of rotatable bonds is 6. The maximum atomic E-state index is 14.1. The number of aliphatic hydroxyl groups is 1. The summed E-state index contributed by atoms with van der Waals surface area (Å²) in [5.74, 6) is -0.779. The third-order valence-electron chi connectivity index (χ3n) is 7.56. The molecule has 1 aliphatic carbocycles. The van der Waals surface area contributed by atoms with Crippen LogP contribution in [0.1, 0.15) is 58.1 Å². The molecule has 0 spiro atoms. The second-order valence-corrected chi connectivity index (χ2v) is 9.89. The fraction of sp³-hybridized carbons (Fsp3) is 0.393. The molecule has 0 radical (unpaired) electrons. The number of carbonyl (C=O) groups is 2. The molecule has 2 heterocycles. The van der Waals surface area contributed by atoms with Crippen molar-refractivity contribution in [1.82, 2.24) is 19.8 Å². The molecule has 1 saturated heterocycles. The highest BCUT2D eigenvalue weighted by atomic mass is 16.3. The summed E-state index contributed by atoms with van der Waals surface area (Å²) in [6.07, 6.45) is 2.93. The number of aromatic amines is 1. The standard InChI is InChI=1S/C28H33N5O4/c29-26(35)21-11-5-4-10-19(21)16-20-17-30-14-15-32(20)27(36)24-25(18-8-2-1-3-9-18)33(28(37)31-24)22-12-6-7-13-23(22)34/h1-5,8-11,20,22-23,30,34H,6-7,12-17H2,(H2,29,35)(H,31,37)/t20-,22+,23+/m0/s1. The molecule has 1 aliphatic heterocycles. The number of nitrogens with zero attached hydrogens (tertiary/aromatic N) is 2. The number of imidazole rings is 1. The molecule has 5 rings (SSSR count). The lowest BCUT2D eigenvalue weighted by Crippen LogP contribution is -2.54. The third kappa shape index (κ3) is 4.97. The SMILES string of the molecule is NC(=O)c1ccccc1C[C@H]1CNCCN1C(=O)c1[nH]c(=O)n([C@@H]2CCCC[C@H]2O)c1-c1ccccc1. The monoisotopic (exact) mass is 503 g/mol. The zero-order chi connectivity index (χ0) is 25.9. The largest absolute Gasteiger partial charge is 0.391 e. The van der Waals surface area contributed by atoms with E-state index in [0.29, 0.717) is 50.2 Å². The van der Waals surface area contributed by atoms with Crippen LogP contribution in [0.4, 0.5) is 0 Å². The zero-order valence-electron chi connectivity index (χ0n) is 20.7. The van der Waals surface area contributed by atoms with Crippen molar-refractivity contribution in [3.05, 3.63) is 81.9 Å². The molecule has 9 heteroatoms. The van der Waals surface area contributed by atoms with Crippen molar-refractivity contribution in [3.63, 3.8) is 0 Å². The number of carbonyl (C=O) groups excluding carboxylic acids is 2. The molecule has 1 saturated carbocycles. The summed E-state index contributed by atoms with van der Waals surface area (Å²) in [7, 11) is 0. The minimum atomic E-state index is -0.648. The highest BCUT2D eigenvalue weighted by Crippen LogP contribution is 2.33. The van der Waals surface area contributed by atoms with E-state index in [2.05, 4.69) is 10.3 Å². The summed E-state index contributed by atoms with van der Waals surface area (Å²) in [6.45, 7) is 1.62. The summed E-state index contributed by atoms with van der Waals surface area (Å²) in [5, 5.41) is 14.1. The van der Waals surface area contributed by atoms with Crippen molar-refractivity contribution in [2.24, 2.45) is 5.73 Å². The van der Waals surface area contributed by atoms with Gasteiger partial charge in [0.25, 0.3) is 5.91 Å². The normalized spacial score (nSPS) is 22.1. The molecule has 1 aromatic heterocycles. The highest BCUT2D eigenvalue weighted by molar-refractivity contribution is 5.99. The molecule has 2 aromatic carbocycles. The van der Waals surface area contributed by atoms with E-state index in [1.165, 1.54) is 0 Å². The smallest absolute Gasteiger partial charge is 0.326 e. The summed E-state index contributed by atoms with van der Waals surface area (Å²) in [5.41, 5.74) is 7.90. The van der Waals surface area contributed by atoms with Crippen molar-refractivity contribution in [3.8, 4) is 11.3 Å². The Balaban J connectivity index is 1.55. The van der Waals surface area contributed by atoms with Crippen LogP contribution in [0.15, 0.2) is 59.4 Å².